The van der Waals surface area contributed by atoms with Gasteiger partial charge in [-0.3, -0.25) is 14.4 Å². The predicted octanol–water partition coefficient (Wildman–Crippen LogP) is 1.30. The molecule has 6 nitrogen and oxygen atoms in total. The largest absolute Gasteiger partial charge is 0.338 e. The fourth-order valence-electron chi connectivity index (χ4n) is 3.90. The van der Waals surface area contributed by atoms with Crippen LogP contribution in [0, 0.1) is 5.92 Å². The van der Waals surface area contributed by atoms with Crippen molar-refractivity contribution in [1.82, 2.24) is 24.9 Å². The summed E-state index contributed by atoms with van der Waals surface area (Å²) in [5.41, 5.74) is 1.28. The summed E-state index contributed by atoms with van der Waals surface area (Å²) in [5, 5.41) is 7.41. The number of likely N-dealkylation sites (N-methyl/N-ethyl adjacent to an activating group) is 1. The zero-order chi connectivity index (χ0) is 15.5. The molecule has 3 rings (SSSR count). The van der Waals surface area contributed by atoms with Crippen LogP contribution in [0.25, 0.3) is 0 Å². The Morgan fingerprint density at radius 2 is 2.12 bits per heavy atom. The lowest BCUT2D eigenvalue weighted by atomic mass is 9.83. The Balaban J connectivity index is 0.00000144. The summed E-state index contributed by atoms with van der Waals surface area (Å²) >= 11 is 0. The van der Waals surface area contributed by atoms with Crippen molar-refractivity contribution < 1.29 is 4.79 Å². The highest BCUT2D eigenvalue weighted by Crippen LogP contribution is 2.31. The summed E-state index contributed by atoms with van der Waals surface area (Å²) in [6.45, 7) is 4.87. The Bertz CT molecular complexity index is 524. The number of aromatic nitrogens is 2. The summed E-state index contributed by atoms with van der Waals surface area (Å²) in [4.78, 5) is 16.9. The van der Waals surface area contributed by atoms with E-state index in [1.165, 1.54) is 5.56 Å². The molecule has 1 amide bonds. The van der Waals surface area contributed by atoms with E-state index in [4.69, 9.17) is 0 Å². The number of amides is 1. The Morgan fingerprint density at radius 1 is 1.33 bits per heavy atom. The lowest BCUT2D eigenvalue weighted by Gasteiger charge is -2.47. The number of nitrogens with one attached hydrogen (secondary N) is 1. The topological polar surface area (TPSA) is 53.4 Å². The van der Waals surface area contributed by atoms with E-state index in [0.29, 0.717) is 24.3 Å². The maximum absolute atomic E-state index is 12.2. The van der Waals surface area contributed by atoms with Crippen LogP contribution < -0.4 is 5.32 Å². The predicted molar refractivity (Wildman–Crippen MR) is 99.7 cm³/mol. The van der Waals surface area contributed by atoms with Crippen molar-refractivity contribution in [2.45, 2.75) is 31.8 Å². The number of carbonyl (C=O) groups excluding carboxylic acids is 1. The molecule has 0 saturated carbocycles. The van der Waals surface area contributed by atoms with Crippen LogP contribution >= 0.6 is 24.8 Å². The molecule has 2 aliphatic rings. The third-order valence-corrected chi connectivity index (χ3v) is 4.99. The lowest BCUT2D eigenvalue weighted by Crippen LogP contribution is -2.56. The van der Waals surface area contributed by atoms with E-state index in [1.807, 2.05) is 25.0 Å². The van der Waals surface area contributed by atoms with Gasteiger partial charge in [0.25, 0.3) is 0 Å². The molecule has 2 fully saturated rings. The zero-order valence-electron chi connectivity index (χ0n) is 14.5. The Hall–Kier alpha value is -0.820. The first-order chi connectivity index (χ1) is 10.7. The summed E-state index contributed by atoms with van der Waals surface area (Å²) in [6, 6.07) is 0.444. The molecule has 0 unspecified atom stereocenters. The number of hydrogen-bond acceptors (Lipinski definition) is 4. The van der Waals surface area contributed by atoms with Gasteiger partial charge in [-0.1, -0.05) is 0 Å². The molecule has 2 aliphatic heterocycles. The quantitative estimate of drug-likeness (QED) is 0.839. The summed E-state index contributed by atoms with van der Waals surface area (Å²) < 4.78 is 1.86. The van der Waals surface area contributed by atoms with Gasteiger partial charge in [0.1, 0.15) is 0 Å². The highest BCUT2D eigenvalue weighted by molar-refractivity contribution is 5.85. The molecule has 8 heteroatoms. The molecule has 24 heavy (non-hydrogen) atoms. The highest BCUT2D eigenvalue weighted by Gasteiger charge is 2.38. The zero-order valence-corrected chi connectivity index (χ0v) is 16.1. The fraction of sp³-hybridized carbons (Fsp3) is 0.750. The molecule has 0 aromatic carbocycles. The molecule has 1 N–H and O–H groups in total. The summed E-state index contributed by atoms with van der Waals surface area (Å²) in [6.07, 6.45) is 6.90. The first kappa shape index (κ1) is 21.2. The number of rotatable bonds is 5. The molecule has 3 heterocycles. The Morgan fingerprint density at radius 3 is 2.79 bits per heavy atom. The van der Waals surface area contributed by atoms with Crippen LogP contribution in [-0.4, -0.2) is 64.8 Å². The van der Waals surface area contributed by atoms with Crippen molar-refractivity contribution in [2.75, 3.05) is 33.2 Å². The molecule has 2 saturated heterocycles. The van der Waals surface area contributed by atoms with Crippen LogP contribution in [-0.2, 0) is 18.4 Å². The minimum atomic E-state index is 0. The normalized spacial score (nSPS) is 24.1. The van der Waals surface area contributed by atoms with Crippen LogP contribution in [0.2, 0.25) is 0 Å². The maximum Gasteiger partial charge on any atom is 0.222 e. The first-order valence-electron chi connectivity index (χ1n) is 8.31. The standard InChI is InChI=1S/C16H27N5O.2ClH/c1-17-6-8-21-15-5-7-20(11-13-9-18-19(2)10-13)12-14(15)3-4-16(21)22;;/h9-10,14-15,17H,3-8,11-12H2,1-2H3;2*1H/t14-,15+;;/m0../s1. The molecule has 0 spiro atoms. The van der Waals surface area contributed by atoms with Crippen molar-refractivity contribution in [3.63, 3.8) is 0 Å². The Kier molecular flexibility index (Phi) is 8.50. The molecule has 1 aromatic heterocycles. The van der Waals surface area contributed by atoms with E-state index in [0.717, 1.165) is 45.6 Å². The third-order valence-electron chi connectivity index (χ3n) is 4.99. The first-order valence-corrected chi connectivity index (χ1v) is 8.31. The second-order valence-corrected chi connectivity index (χ2v) is 6.60. The lowest BCUT2D eigenvalue weighted by molar-refractivity contribution is -0.141. The number of hydrogen-bond donors (Lipinski definition) is 1. The molecule has 0 aliphatic carbocycles. The van der Waals surface area contributed by atoms with E-state index in [1.54, 1.807) is 0 Å². The van der Waals surface area contributed by atoms with Crippen LogP contribution in [0.1, 0.15) is 24.8 Å². The minimum absolute atomic E-state index is 0. The van der Waals surface area contributed by atoms with Crippen LogP contribution in [0.15, 0.2) is 12.4 Å². The van der Waals surface area contributed by atoms with Gasteiger partial charge in [-0.05, 0) is 25.8 Å². The van der Waals surface area contributed by atoms with Crippen LogP contribution in [0.5, 0.6) is 0 Å². The van der Waals surface area contributed by atoms with Crippen molar-refractivity contribution >= 4 is 30.7 Å². The van der Waals surface area contributed by atoms with Gasteiger partial charge < -0.3 is 10.2 Å². The van der Waals surface area contributed by atoms with E-state index in [-0.39, 0.29) is 24.8 Å². The monoisotopic (exact) mass is 377 g/mol. The second-order valence-electron chi connectivity index (χ2n) is 6.60. The SMILES string of the molecule is CNCCN1C(=O)CC[C@H]2CN(Cc3cnn(C)c3)CC[C@H]21.Cl.Cl. The van der Waals surface area contributed by atoms with Gasteiger partial charge in [-0.25, -0.2) is 0 Å². The summed E-state index contributed by atoms with van der Waals surface area (Å²) in [5.74, 6) is 0.970. The Labute approximate surface area is 156 Å². The number of nitrogens with zero attached hydrogens (tertiary/aromatic N) is 4. The summed E-state index contributed by atoms with van der Waals surface area (Å²) in [7, 11) is 3.91. The van der Waals surface area contributed by atoms with E-state index < -0.39 is 0 Å². The maximum atomic E-state index is 12.2. The van der Waals surface area contributed by atoms with Crippen molar-refractivity contribution in [3.05, 3.63) is 18.0 Å². The van der Waals surface area contributed by atoms with E-state index >= 15 is 0 Å². The average molecular weight is 378 g/mol. The number of piperidine rings is 2. The molecule has 2 atom stereocenters. The molecule has 0 radical (unpaired) electrons. The minimum Gasteiger partial charge on any atom is -0.338 e. The molecule has 1 aromatic rings. The molecule has 138 valence electrons. The van der Waals surface area contributed by atoms with Crippen LogP contribution in [0.4, 0.5) is 0 Å². The smallest absolute Gasteiger partial charge is 0.222 e. The van der Waals surface area contributed by atoms with E-state index in [2.05, 4.69) is 26.4 Å². The van der Waals surface area contributed by atoms with Crippen molar-refractivity contribution in [1.29, 1.82) is 0 Å². The fourth-order valence-corrected chi connectivity index (χ4v) is 3.90. The average Bonchev–Trinajstić information content (AvgIpc) is 2.91. The van der Waals surface area contributed by atoms with Gasteiger partial charge in [-0.2, -0.15) is 5.10 Å². The number of aryl methyl sites for hydroxylation is 1. The third kappa shape index (κ3) is 4.85. The van der Waals surface area contributed by atoms with E-state index in [9.17, 15) is 4.79 Å². The van der Waals surface area contributed by atoms with Crippen molar-refractivity contribution in [2.24, 2.45) is 13.0 Å². The number of likely N-dealkylation sites (tertiary alicyclic amines) is 2. The van der Waals surface area contributed by atoms with Gasteiger partial charge in [0.2, 0.25) is 5.91 Å². The molecular weight excluding hydrogens is 349 g/mol. The van der Waals surface area contributed by atoms with Crippen molar-refractivity contribution in [3.8, 4) is 0 Å². The number of fused-ring (bicyclic) bond motifs is 1. The number of halogens is 2. The second kappa shape index (κ2) is 9.61. The van der Waals surface area contributed by atoms with Gasteiger partial charge in [-0.15, -0.1) is 24.8 Å². The number of carbonyl (C=O) groups is 1. The van der Waals surface area contributed by atoms with Gasteiger partial charge in [0.05, 0.1) is 6.20 Å². The molecule has 0 bridgehead atoms. The van der Waals surface area contributed by atoms with Gasteiger partial charge >= 0.3 is 0 Å². The highest BCUT2D eigenvalue weighted by atomic mass is 35.5. The van der Waals surface area contributed by atoms with Gasteiger partial charge in [0.15, 0.2) is 0 Å². The molecular formula is C16H29Cl2N5O. The van der Waals surface area contributed by atoms with Crippen LogP contribution in [0.3, 0.4) is 0 Å². The van der Waals surface area contributed by atoms with Gasteiger partial charge in [0, 0.05) is 64.0 Å².